The van der Waals surface area contributed by atoms with Crippen molar-refractivity contribution in [1.29, 1.82) is 0 Å². The highest BCUT2D eigenvalue weighted by atomic mass is 16.6. The fourth-order valence-corrected chi connectivity index (χ4v) is 4.15. The number of hydrogen-bond donors (Lipinski definition) is 1. The third-order valence-corrected chi connectivity index (χ3v) is 5.83. The normalized spacial score (nSPS) is 11.5. The van der Waals surface area contributed by atoms with Crippen LogP contribution in [0.4, 0.5) is 11.4 Å². The molecular weight excluding hydrogens is 456 g/mol. The number of hydrazone groups is 1. The molecule has 8 heteroatoms. The SMILES string of the molecule is CCC(CC)c1ccc(OCC(=O)N/N=C/c2cc([N+](=O)[O-])ccc2N(CC(C)C)CC(C)C)cc1. The van der Waals surface area contributed by atoms with Crippen LogP contribution in [0, 0.1) is 22.0 Å². The highest BCUT2D eigenvalue weighted by Gasteiger charge is 2.17. The van der Waals surface area contributed by atoms with Gasteiger partial charge in [0.05, 0.1) is 11.1 Å². The largest absolute Gasteiger partial charge is 0.484 e. The summed E-state index contributed by atoms with van der Waals surface area (Å²) in [6.07, 6.45) is 3.62. The van der Waals surface area contributed by atoms with Crippen LogP contribution in [-0.2, 0) is 4.79 Å². The number of amides is 1. The summed E-state index contributed by atoms with van der Waals surface area (Å²) in [5.41, 5.74) is 5.11. The predicted molar refractivity (Wildman–Crippen MR) is 146 cm³/mol. The van der Waals surface area contributed by atoms with Gasteiger partial charge in [0.25, 0.3) is 11.6 Å². The van der Waals surface area contributed by atoms with Crippen molar-refractivity contribution in [2.75, 3.05) is 24.6 Å². The Morgan fingerprint density at radius 1 is 1.06 bits per heavy atom. The van der Waals surface area contributed by atoms with Gasteiger partial charge in [0.1, 0.15) is 5.75 Å². The predicted octanol–water partition coefficient (Wildman–Crippen LogP) is 6.15. The lowest BCUT2D eigenvalue weighted by atomic mass is 9.94. The van der Waals surface area contributed by atoms with Crippen molar-refractivity contribution in [3.05, 3.63) is 63.7 Å². The molecule has 2 aromatic carbocycles. The fourth-order valence-electron chi connectivity index (χ4n) is 4.15. The summed E-state index contributed by atoms with van der Waals surface area (Å²) in [5, 5.41) is 15.4. The standard InChI is InChI=1S/C28H40N4O4/c1-7-22(8-2)23-9-12-26(13-10-23)36-19-28(33)30-29-16-24-15-25(32(34)35)11-14-27(24)31(17-20(3)4)18-21(5)6/h9-16,20-22H,7-8,17-19H2,1-6H3,(H,30,33)/b29-16+. The summed E-state index contributed by atoms with van der Waals surface area (Å²) < 4.78 is 5.59. The van der Waals surface area contributed by atoms with E-state index in [2.05, 4.69) is 57.0 Å². The summed E-state index contributed by atoms with van der Waals surface area (Å²) in [4.78, 5) is 25.4. The molecule has 1 N–H and O–H groups in total. The Labute approximate surface area is 214 Å². The van der Waals surface area contributed by atoms with Crippen molar-refractivity contribution < 1.29 is 14.5 Å². The van der Waals surface area contributed by atoms with Crippen LogP contribution in [0.2, 0.25) is 0 Å². The number of anilines is 1. The molecule has 0 saturated heterocycles. The quantitative estimate of drug-likeness (QED) is 0.192. The Hall–Kier alpha value is -3.42. The van der Waals surface area contributed by atoms with Crippen LogP contribution in [-0.4, -0.2) is 36.7 Å². The Morgan fingerprint density at radius 3 is 2.19 bits per heavy atom. The van der Waals surface area contributed by atoms with Crippen molar-refractivity contribution in [1.82, 2.24) is 5.43 Å². The molecule has 0 aliphatic rings. The van der Waals surface area contributed by atoms with Gasteiger partial charge in [0.2, 0.25) is 0 Å². The number of non-ortho nitro benzene ring substituents is 1. The number of nitrogens with one attached hydrogen (secondary N) is 1. The first-order chi connectivity index (χ1) is 17.1. The van der Waals surface area contributed by atoms with E-state index in [-0.39, 0.29) is 12.3 Å². The number of nitro benzene ring substituents is 1. The zero-order valence-corrected chi connectivity index (χ0v) is 22.4. The summed E-state index contributed by atoms with van der Waals surface area (Å²) in [6, 6.07) is 12.5. The molecule has 36 heavy (non-hydrogen) atoms. The Bertz CT molecular complexity index is 1000. The molecule has 8 nitrogen and oxygen atoms in total. The van der Waals surface area contributed by atoms with Crippen LogP contribution in [0.25, 0.3) is 0 Å². The first kappa shape index (κ1) is 28.8. The van der Waals surface area contributed by atoms with Gasteiger partial charge in [0, 0.05) is 36.5 Å². The van der Waals surface area contributed by atoms with E-state index in [9.17, 15) is 14.9 Å². The van der Waals surface area contributed by atoms with E-state index in [0.717, 1.165) is 31.6 Å². The van der Waals surface area contributed by atoms with Gasteiger partial charge in [-0.2, -0.15) is 5.10 Å². The van der Waals surface area contributed by atoms with Crippen molar-refractivity contribution in [3.8, 4) is 5.75 Å². The maximum atomic E-state index is 12.3. The molecule has 2 aromatic rings. The van der Waals surface area contributed by atoms with Gasteiger partial charge in [-0.15, -0.1) is 0 Å². The summed E-state index contributed by atoms with van der Waals surface area (Å²) in [5.74, 6) is 1.53. The molecule has 0 bridgehead atoms. The second-order valence-electron chi connectivity index (χ2n) is 9.86. The number of nitrogens with zero attached hydrogens (tertiary/aromatic N) is 3. The molecule has 0 aromatic heterocycles. The zero-order valence-electron chi connectivity index (χ0n) is 22.4. The van der Waals surface area contributed by atoms with Crippen LogP contribution in [0.3, 0.4) is 0 Å². The highest BCUT2D eigenvalue weighted by Crippen LogP contribution is 2.27. The summed E-state index contributed by atoms with van der Waals surface area (Å²) in [6.45, 7) is 14.3. The topological polar surface area (TPSA) is 97.1 Å². The minimum absolute atomic E-state index is 0.0271. The van der Waals surface area contributed by atoms with E-state index in [1.54, 1.807) is 6.07 Å². The molecule has 0 saturated carbocycles. The Balaban J connectivity index is 2.09. The fraction of sp³-hybridized carbons (Fsp3) is 0.500. The van der Waals surface area contributed by atoms with Gasteiger partial charge in [-0.1, -0.05) is 53.7 Å². The molecule has 0 aliphatic carbocycles. The number of nitro groups is 1. The van der Waals surface area contributed by atoms with Gasteiger partial charge in [0.15, 0.2) is 6.61 Å². The minimum atomic E-state index is -0.433. The van der Waals surface area contributed by atoms with Crippen LogP contribution in [0.1, 0.15) is 71.4 Å². The molecule has 0 spiro atoms. The Morgan fingerprint density at radius 2 is 1.67 bits per heavy atom. The average molecular weight is 497 g/mol. The molecular formula is C28H40N4O4. The van der Waals surface area contributed by atoms with Crippen molar-refractivity contribution in [2.45, 2.75) is 60.3 Å². The van der Waals surface area contributed by atoms with Crippen molar-refractivity contribution in [3.63, 3.8) is 0 Å². The summed E-state index contributed by atoms with van der Waals surface area (Å²) >= 11 is 0. The maximum absolute atomic E-state index is 12.3. The van der Waals surface area contributed by atoms with Crippen LogP contribution >= 0.6 is 0 Å². The first-order valence-electron chi connectivity index (χ1n) is 12.7. The maximum Gasteiger partial charge on any atom is 0.277 e. The van der Waals surface area contributed by atoms with Crippen molar-refractivity contribution >= 4 is 23.5 Å². The van der Waals surface area contributed by atoms with E-state index in [1.165, 1.54) is 23.9 Å². The molecule has 2 rings (SSSR count). The second-order valence-corrected chi connectivity index (χ2v) is 9.86. The number of carbonyl (C=O) groups excluding carboxylic acids is 1. The van der Waals surface area contributed by atoms with Gasteiger partial charge < -0.3 is 9.64 Å². The van der Waals surface area contributed by atoms with Gasteiger partial charge in [-0.3, -0.25) is 14.9 Å². The number of rotatable bonds is 14. The molecule has 196 valence electrons. The van der Waals surface area contributed by atoms with Crippen molar-refractivity contribution in [2.24, 2.45) is 16.9 Å². The minimum Gasteiger partial charge on any atom is -0.484 e. The lowest BCUT2D eigenvalue weighted by Crippen LogP contribution is -2.32. The van der Waals surface area contributed by atoms with E-state index in [4.69, 9.17) is 4.74 Å². The molecule has 1 amide bonds. The first-order valence-corrected chi connectivity index (χ1v) is 12.7. The smallest absolute Gasteiger partial charge is 0.277 e. The lowest BCUT2D eigenvalue weighted by Gasteiger charge is -2.29. The number of hydrogen-bond acceptors (Lipinski definition) is 6. The molecule has 0 aliphatic heterocycles. The molecule has 0 heterocycles. The third-order valence-electron chi connectivity index (χ3n) is 5.83. The van der Waals surface area contributed by atoms with Gasteiger partial charge >= 0.3 is 0 Å². The van der Waals surface area contributed by atoms with Crippen LogP contribution < -0.4 is 15.1 Å². The monoisotopic (exact) mass is 496 g/mol. The number of ether oxygens (including phenoxy) is 1. The van der Waals surface area contributed by atoms with Crippen LogP contribution in [0.5, 0.6) is 5.75 Å². The number of carbonyl (C=O) groups is 1. The van der Waals surface area contributed by atoms with E-state index >= 15 is 0 Å². The lowest BCUT2D eigenvalue weighted by molar-refractivity contribution is -0.384. The molecule has 0 unspecified atom stereocenters. The average Bonchev–Trinajstić information content (AvgIpc) is 2.83. The van der Waals surface area contributed by atoms with E-state index in [1.807, 2.05) is 24.3 Å². The van der Waals surface area contributed by atoms with Gasteiger partial charge in [-0.25, -0.2) is 5.43 Å². The second kappa shape index (κ2) is 14.2. The van der Waals surface area contributed by atoms with E-state index in [0.29, 0.717) is 29.1 Å². The van der Waals surface area contributed by atoms with Crippen LogP contribution in [0.15, 0.2) is 47.6 Å². The zero-order chi connectivity index (χ0) is 26.7. The molecule has 0 radical (unpaired) electrons. The number of benzene rings is 2. The molecule has 0 fully saturated rings. The van der Waals surface area contributed by atoms with Gasteiger partial charge in [-0.05, 0) is 54.4 Å². The molecule has 0 atom stereocenters. The van der Waals surface area contributed by atoms with E-state index < -0.39 is 10.8 Å². The Kier molecular flexibility index (Phi) is 11.4. The summed E-state index contributed by atoms with van der Waals surface area (Å²) in [7, 11) is 0. The highest BCUT2D eigenvalue weighted by molar-refractivity contribution is 5.90. The third kappa shape index (κ3) is 8.98.